The number of likely N-dealkylation sites (N-methyl/N-ethyl adjacent to an activating group) is 1. The van der Waals surface area contributed by atoms with E-state index >= 15 is 0 Å². The first-order valence-corrected chi connectivity index (χ1v) is 7.93. The monoisotopic (exact) mass is 314 g/mol. The van der Waals surface area contributed by atoms with Gasteiger partial charge < -0.3 is 10.4 Å². The van der Waals surface area contributed by atoms with Crippen molar-refractivity contribution in [2.45, 2.75) is 12.8 Å². The van der Waals surface area contributed by atoms with Gasteiger partial charge in [-0.25, -0.2) is 8.42 Å². The summed E-state index contributed by atoms with van der Waals surface area (Å²) in [6.07, 6.45) is -0.203. The van der Waals surface area contributed by atoms with E-state index in [4.69, 9.17) is 5.11 Å². The maximum Gasteiger partial charge on any atom is 0.303 e. The Morgan fingerprint density at radius 3 is 2.43 bits per heavy atom. The average Bonchev–Trinajstić information content (AvgIpc) is 2.38. The molecule has 0 heterocycles. The number of hydrogen-bond acceptors (Lipinski definition) is 4. The summed E-state index contributed by atoms with van der Waals surface area (Å²) in [6.45, 7) is -0.315. The van der Waals surface area contributed by atoms with Crippen LogP contribution in [0.5, 0.6) is 0 Å². The first kappa shape index (κ1) is 17.1. The standard InChI is InChI=1S/C13H18N2O5S/c1-15(21(19,20)9-5-8-13(17)18)10-12(16)14-11-6-3-2-4-7-11/h2-4,6-7H,5,8-10H2,1H3,(H,14,16)(H,17,18). The number of para-hydroxylation sites is 1. The molecular weight excluding hydrogens is 296 g/mol. The Hall–Kier alpha value is -1.93. The Morgan fingerprint density at radius 2 is 1.86 bits per heavy atom. The van der Waals surface area contributed by atoms with E-state index in [0.717, 1.165) is 4.31 Å². The largest absolute Gasteiger partial charge is 0.481 e. The maximum atomic E-state index is 11.9. The Bertz CT molecular complexity index is 586. The fourth-order valence-electron chi connectivity index (χ4n) is 1.58. The number of nitrogens with one attached hydrogen (secondary N) is 1. The molecule has 1 rings (SSSR count). The minimum Gasteiger partial charge on any atom is -0.481 e. The van der Waals surface area contributed by atoms with Gasteiger partial charge >= 0.3 is 5.97 Å². The fourth-order valence-corrected chi connectivity index (χ4v) is 2.72. The molecule has 1 aromatic carbocycles. The van der Waals surface area contributed by atoms with Gasteiger partial charge in [0.15, 0.2) is 0 Å². The number of carboxylic acid groups (broad SMARTS) is 1. The summed E-state index contributed by atoms with van der Waals surface area (Å²) in [5, 5.41) is 11.1. The average molecular weight is 314 g/mol. The molecule has 2 N–H and O–H groups in total. The molecule has 21 heavy (non-hydrogen) atoms. The lowest BCUT2D eigenvalue weighted by Gasteiger charge is -2.16. The van der Waals surface area contributed by atoms with Crippen LogP contribution >= 0.6 is 0 Å². The number of carbonyl (C=O) groups is 2. The lowest BCUT2D eigenvalue weighted by Crippen LogP contribution is -2.36. The molecule has 8 heteroatoms. The third-order valence-corrected chi connectivity index (χ3v) is 4.58. The van der Waals surface area contributed by atoms with Gasteiger partial charge in [-0.1, -0.05) is 18.2 Å². The summed E-state index contributed by atoms with van der Waals surface area (Å²) in [4.78, 5) is 22.1. The third kappa shape index (κ3) is 6.37. The molecule has 7 nitrogen and oxygen atoms in total. The lowest BCUT2D eigenvalue weighted by atomic mass is 10.3. The molecule has 0 unspecified atom stereocenters. The summed E-state index contributed by atoms with van der Waals surface area (Å²) in [6, 6.07) is 8.69. The Kier molecular flexibility index (Phi) is 6.32. The van der Waals surface area contributed by atoms with Gasteiger partial charge in [-0.3, -0.25) is 9.59 Å². The zero-order valence-electron chi connectivity index (χ0n) is 11.7. The van der Waals surface area contributed by atoms with E-state index in [1.807, 2.05) is 0 Å². The zero-order valence-corrected chi connectivity index (χ0v) is 12.5. The fraction of sp³-hybridized carbons (Fsp3) is 0.385. The van der Waals surface area contributed by atoms with Crippen molar-refractivity contribution in [2.24, 2.45) is 0 Å². The van der Waals surface area contributed by atoms with Crippen molar-refractivity contribution in [1.82, 2.24) is 4.31 Å². The van der Waals surface area contributed by atoms with E-state index < -0.39 is 21.9 Å². The van der Waals surface area contributed by atoms with Gasteiger partial charge in [0.1, 0.15) is 0 Å². The quantitative estimate of drug-likeness (QED) is 0.737. The molecule has 1 amide bonds. The minimum atomic E-state index is -3.63. The topological polar surface area (TPSA) is 104 Å². The highest BCUT2D eigenvalue weighted by molar-refractivity contribution is 7.89. The second kappa shape index (κ2) is 7.75. The lowest BCUT2D eigenvalue weighted by molar-refractivity contribution is -0.137. The zero-order chi connectivity index (χ0) is 15.9. The molecule has 0 saturated carbocycles. The van der Waals surface area contributed by atoms with Crippen LogP contribution in [-0.2, 0) is 19.6 Å². The highest BCUT2D eigenvalue weighted by Crippen LogP contribution is 2.06. The molecule has 0 aliphatic rings. The molecule has 1 aromatic rings. The summed E-state index contributed by atoms with van der Waals surface area (Å²) < 4.78 is 24.6. The van der Waals surface area contributed by atoms with Crippen molar-refractivity contribution in [2.75, 3.05) is 24.7 Å². The van der Waals surface area contributed by atoms with Gasteiger partial charge in [0, 0.05) is 19.2 Å². The van der Waals surface area contributed by atoms with E-state index in [0.29, 0.717) is 5.69 Å². The number of hydrogen-bond donors (Lipinski definition) is 2. The van der Waals surface area contributed by atoms with E-state index in [1.165, 1.54) is 7.05 Å². The van der Waals surface area contributed by atoms with Crippen molar-refractivity contribution in [3.63, 3.8) is 0 Å². The van der Waals surface area contributed by atoms with E-state index in [9.17, 15) is 18.0 Å². The van der Waals surface area contributed by atoms with Gasteiger partial charge in [-0.05, 0) is 18.6 Å². The van der Waals surface area contributed by atoms with E-state index in [2.05, 4.69) is 5.32 Å². The van der Waals surface area contributed by atoms with Crippen molar-refractivity contribution in [3.8, 4) is 0 Å². The van der Waals surface area contributed by atoms with Crippen LogP contribution in [0, 0.1) is 0 Å². The third-order valence-electron chi connectivity index (χ3n) is 2.69. The maximum absolute atomic E-state index is 11.9. The molecular formula is C13H18N2O5S. The summed E-state index contributed by atoms with van der Waals surface area (Å²) >= 11 is 0. The summed E-state index contributed by atoms with van der Waals surface area (Å²) in [7, 11) is -2.34. The van der Waals surface area contributed by atoms with E-state index in [-0.39, 0.29) is 25.1 Å². The number of carboxylic acids is 1. The molecule has 0 aromatic heterocycles. The number of amides is 1. The smallest absolute Gasteiger partial charge is 0.303 e. The van der Waals surface area contributed by atoms with Gasteiger partial charge in [0.2, 0.25) is 15.9 Å². The van der Waals surface area contributed by atoms with Crippen molar-refractivity contribution >= 4 is 27.6 Å². The molecule has 116 valence electrons. The number of aliphatic carboxylic acids is 1. The van der Waals surface area contributed by atoms with Crippen LogP contribution in [0.25, 0.3) is 0 Å². The van der Waals surface area contributed by atoms with Crippen LogP contribution in [0.3, 0.4) is 0 Å². The number of nitrogens with zero attached hydrogens (tertiary/aromatic N) is 1. The second-order valence-corrected chi connectivity index (χ2v) is 6.68. The normalized spacial score (nSPS) is 11.3. The van der Waals surface area contributed by atoms with Crippen LogP contribution in [0.2, 0.25) is 0 Å². The predicted octanol–water partition coefficient (Wildman–Crippen LogP) is 0.751. The van der Waals surface area contributed by atoms with Crippen molar-refractivity contribution < 1.29 is 23.1 Å². The Labute approximate surface area is 123 Å². The molecule has 0 aliphatic heterocycles. The van der Waals surface area contributed by atoms with Gasteiger partial charge in [0.05, 0.1) is 12.3 Å². The number of benzene rings is 1. The number of rotatable bonds is 8. The Balaban J connectivity index is 2.49. The molecule has 0 atom stereocenters. The molecule has 0 saturated heterocycles. The first-order chi connectivity index (χ1) is 9.81. The molecule has 0 aliphatic carbocycles. The highest BCUT2D eigenvalue weighted by atomic mass is 32.2. The Morgan fingerprint density at radius 1 is 1.24 bits per heavy atom. The highest BCUT2D eigenvalue weighted by Gasteiger charge is 2.20. The molecule has 0 bridgehead atoms. The van der Waals surface area contributed by atoms with E-state index in [1.54, 1.807) is 30.3 Å². The molecule has 0 fully saturated rings. The molecule has 0 spiro atoms. The number of carbonyl (C=O) groups excluding carboxylic acids is 1. The van der Waals surface area contributed by atoms with Crippen LogP contribution in [-0.4, -0.2) is 49.1 Å². The first-order valence-electron chi connectivity index (χ1n) is 6.32. The predicted molar refractivity (Wildman–Crippen MR) is 78.4 cm³/mol. The minimum absolute atomic E-state index is 0.0162. The number of sulfonamides is 1. The molecule has 0 radical (unpaired) electrons. The van der Waals surface area contributed by atoms with Crippen LogP contribution in [0.4, 0.5) is 5.69 Å². The SMILES string of the molecule is CN(CC(=O)Nc1ccccc1)S(=O)(=O)CCCC(=O)O. The van der Waals surface area contributed by atoms with Crippen LogP contribution in [0.1, 0.15) is 12.8 Å². The van der Waals surface area contributed by atoms with Crippen LogP contribution in [0.15, 0.2) is 30.3 Å². The van der Waals surface area contributed by atoms with Gasteiger partial charge in [-0.2, -0.15) is 4.31 Å². The van der Waals surface area contributed by atoms with Gasteiger partial charge in [-0.15, -0.1) is 0 Å². The summed E-state index contributed by atoms with van der Waals surface area (Å²) in [5.74, 6) is -1.80. The van der Waals surface area contributed by atoms with Gasteiger partial charge in [0.25, 0.3) is 0 Å². The number of anilines is 1. The second-order valence-electron chi connectivity index (χ2n) is 4.48. The van der Waals surface area contributed by atoms with Crippen molar-refractivity contribution in [3.05, 3.63) is 30.3 Å². The summed E-state index contributed by atoms with van der Waals surface area (Å²) in [5.41, 5.74) is 0.583. The van der Waals surface area contributed by atoms with Crippen molar-refractivity contribution in [1.29, 1.82) is 0 Å². The van der Waals surface area contributed by atoms with Crippen LogP contribution < -0.4 is 5.32 Å².